The molecule has 4 heteroatoms. The number of nitrogens with two attached hydrogens (primary N) is 1. The molecule has 2 N–H and O–H groups in total. The predicted molar refractivity (Wildman–Crippen MR) is 66.6 cm³/mol. The van der Waals surface area contributed by atoms with Crippen LogP contribution < -0.4 is 5.73 Å². The van der Waals surface area contributed by atoms with E-state index in [0.29, 0.717) is 13.2 Å². The molecule has 2 unspecified atom stereocenters. The zero-order valence-corrected chi connectivity index (χ0v) is 11.0. The van der Waals surface area contributed by atoms with Crippen molar-refractivity contribution in [3.8, 4) is 0 Å². The second kappa shape index (κ2) is 7.67. The zero-order chi connectivity index (χ0) is 12.7. The maximum atomic E-state index is 11.8. The monoisotopic (exact) mass is 243 g/mol. The molecule has 1 rings (SSSR count). The van der Waals surface area contributed by atoms with Gasteiger partial charge in [-0.25, -0.2) is 0 Å². The topological polar surface area (TPSA) is 61.5 Å². The Bertz CT molecular complexity index is 231. The Morgan fingerprint density at radius 1 is 1.24 bits per heavy atom. The number of carbonyl (C=O) groups is 1. The van der Waals surface area contributed by atoms with Gasteiger partial charge in [0, 0.05) is 6.04 Å². The third kappa shape index (κ3) is 5.50. The molecule has 0 aliphatic heterocycles. The Labute approximate surface area is 104 Å². The first-order chi connectivity index (χ1) is 8.11. The minimum absolute atomic E-state index is 0.0315. The van der Waals surface area contributed by atoms with Crippen molar-refractivity contribution < 1.29 is 14.3 Å². The molecular weight excluding hydrogens is 218 g/mol. The first kappa shape index (κ1) is 14.5. The summed E-state index contributed by atoms with van der Waals surface area (Å²) >= 11 is 0. The molecule has 100 valence electrons. The third-order valence-corrected chi connectivity index (χ3v) is 3.15. The van der Waals surface area contributed by atoms with E-state index in [1.54, 1.807) is 0 Å². The summed E-state index contributed by atoms with van der Waals surface area (Å²) in [4.78, 5) is 11.8. The summed E-state index contributed by atoms with van der Waals surface area (Å²) in [5.41, 5.74) is 6.00. The van der Waals surface area contributed by atoms with Crippen LogP contribution in [0.1, 0.15) is 46.0 Å². The smallest absolute Gasteiger partial charge is 0.310 e. The van der Waals surface area contributed by atoms with Gasteiger partial charge in [0.05, 0.1) is 18.6 Å². The van der Waals surface area contributed by atoms with E-state index in [2.05, 4.69) is 0 Å². The lowest BCUT2D eigenvalue weighted by Crippen LogP contribution is -2.36. The van der Waals surface area contributed by atoms with Gasteiger partial charge in [-0.05, 0) is 26.7 Å². The number of hydrogen-bond acceptors (Lipinski definition) is 4. The van der Waals surface area contributed by atoms with Crippen molar-refractivity contribution in [2.24, 2.45) is 11.7 Å². The van der Waals surface area contributed by atoms with Crippen molar-refractivity contribution in [1.29, 1.82) is 0 Å². The Kier molecular flexibility index (Phi) is 6.52. The van der Waals surface area contributed by atoms with Gasteiger partial charge < -0.3 is 15.2 Å². The fourth-order valence-corrected chi connectivity index (χ4v) is 2.16. The highest BCUT2D eigenvalue weighted by Gasteiger charge is 2.28. The van der Waals surface area contributed by atoms with Gasteiger partial charge in [0.2, 0.25) is 0 Å². The Balaban J connectivity index is 2.25. The molecule has 17 heavy (non-hydrogen) atoms. The van der Waals surface area contributed by atoms with Gasteiger partial charge >= 0.3 is 5.97 Å². The van der Waals surface area contributed by atoms with Crippen molar-refractivity contribution in [2.45, 2.75) is 58.1 Å². The van der Waals surface area contributed by atoms with Gasteiger partial charge in [-0.3, -0.25) is 4.79 Å². The van der Waals surface area contributed by atoms with Crippen LogP contribution in [-0.4, -0.2) is 31.3 Å². The van der Waals surface area contributed by atoms with Crippen molar-refractivity contribution >= 4 is 5.97 Å². The molecule has 0 saturated heterocycles. The lowest BCUT2D eigenvalue weighted by atomic mass is 9.96. The second-order valence-corrected chi connectivity index (χ2v) is 5.00. The van der Waals surface area contributed by atoms with Crippen LogP contribution in [0.2, 0.25) is 0 Å². The van der Waals surface area contributed by atoms with Gasteiger partial charge in [0.15, 0.2) is 0 Å². The molecule has 0 aromatic carbocycles. The minimum Gasteiger partial charge on any atom is -0.463 e. The van der Waals surface area contributed by atoms with Crippen molar-refractivity contribution in [2.75, 3.05) is 13.2 Å². The maximum Gasteiger partial charge on any atom is 0.310 e. The third-order valence-electron chi connectivity index (χ3n) is 3.15. The highest BCUT2D eigenvalue weighted by molar-refractivity contribution is 5.73. The first-order valence-electron chi connectivity index (χ1n) is 6.65. The van der Waals surface area contributed by atoms with E-state index in [-0.39, 0.29) is 24.0 Å². The molecule has 0 spiro atoms. The zero-order valence-electron chi connectivity index (χ0n) is 11.0. The van der Waals surface area contributed by atoms with Crippen molar-refractivity contribution in [3.63, 3.8) is 0 Å². The van der Waals surface area contributed by atoms with E-state index in [1.807, 2.05) is 13.8 Å². The lowest BCUT2D eigenvalue weighted by Gasteiger charge is -2.19. The molecule has 0 amide bonds. The summed E-state index contributed by atoms with van der Waals surface area (Å²) in [5, 5.41) is 0. The predicted octanol–water partition coefficient (Wildman–Crippen LogP) is 1.86. The number of rotatable bonds is 5. The average Bonchev–Trinajstić information content (AvgIpc) is 2.48. The van der Waals surface area contributed by atoms with Crippen LogP contribution in [0.15, 0.2) is 0 Å². The number of ether oxygens (including phenoxy) is 2. The molecule has 0 heterocycles. The van der Waals surface area contributed by atoms with Gasteiger partial charge in [-0.2, -0.15) is 0 Å². The average molecular weight is 243 g/mol. The highest BCUT2D eigenvalue weighted by Crippen LogP contribution is 2.23. The van der Waals surface area contributed by atoms with Crippen LogP contribution in [0.25, 0.3) is 0 Å². The molecule has 1 aliphatic rings. The quantitative estimate of drug-likeness (QED) is 0.455. The number of hydrogen-bond donors (Lipinski definition) is 1. The van der Waals surface area contributed by atoms with Gasteiger partial charge in [-0.15, -0.1) is 0 Å². The van der Waals surface area contributed by atoms with E-state index in [4.69, 9.17) is 15.2 Å². The van der Waals surface area contributed by atoms with Crippen molar-refractivity contribution in [3.05, 3.63) is 0 Å². The minimum atomic E-state index is -0.147. The highest BCUT2D eigenvalue weighted by atomic mass is 16.6. The molecule has 2 atom stereocenters. The van der Waals surface area contributed by atoms with E-state index >= 15 is 0 Å². The second-order valence-electron chi connectivity index (χ2n) is 5.00. The lowest BCUT2D eigenvalue weighted by molar-refractivity contribution is -0.151. The summed E-state index contributed by atoms with van der Waals surface area (Å²) in [5.74, 6) is -0.261. The molecular formula is C13H25NO3. The van der Waals surface area contributed by atoms with Gasteiger partial charge in [0.1, 0.15) is 6.61 Å². The summed E-state index contributed by atoms with van der Waals surface area (Å²) < 4.78 is 10.5. The fraction of sp³-hybridized carbons (Fsp3) is 0.923. The summed E-state index contributed by atoms with van der Waals surface area (Å²) in [6.45, 7) is 4.72. The van der Waals surface area contributed by atoms with Gasteiger partial charge in [0.25, 0.3) is 0 Å². The van der Waals surface area contributed by atoms with E-state index in [0.717, 1.165) is 25.7 Å². The summed E-state index contributed by atoms with van der Waals surface area (Å²) in [6, 6.07) is -0.0315. The van der Waals surface area contributed by atoms with Gasteiger partial charge in [-0.1, -0.05) is 19.3 Å². The van der Waals surface area contributed by atoms with E-state index in [9.17, 15) is 4.79 Å². The van der Waals surface area contributed by atoms with E-state index < -0.39 is 0 Å². The van der Waals surface area contributed by atoms with Crippen LogP contribution in [0.4, 0.5) is 0 Å². The largest absolute Gasteiger partial charge is 0.463 e. The van der Waals surface area contributed by atoms with Crippen LogP contribution >= 0.6 is 0 Å². The summed E-state index contributed by atoms with van der Waals surface area (Å²) in [6.07, 6.45) is 5.35. The molecule has 1 aliphatic carbocycles. The Morgan fingerprint density at radius 2 is 1.94 bits per heavy atom. The van der Waals surface area contributed by atoms with Crippen LogP contribution in [-0.2, 0) is 14.3 Å². The van der Waals surface area contributed by atoms with E-state index in [1.165, 1.54) is 6.42 Å². The van der Waals surface area contributed by atoms with Crippen LogP contribution in [0, 0.1) is 5.92 Å². The standard InChI is InChI=1S/C13H25NO3/c1-10(2)16-8-9-17-13(15)11-6-4-3-5-7-12(11)14/h10-12H,3-9,14H2,1-2H3. The first-order valence-corrected chi connectivity index (χ1v) is 6.65. The molecule has 0 radical (unpaired) electrons. The fourth-order valence-electron chi connectivity index (χ4n) is 2.16. The normalized spacial score (nSPS) is 25.6. The maximum absolute atomic E-state index is 11.8. The van der Waals surface area contributed by atoms with Crippen LogP contribution in [0.3, 0.4) is 0 Å². The SMILES string of the molecule is CC(C)OCCOC(=O)C1CCCCCC1N. The molecule has 0 aromatic heterocycles. The van der Waals surface area contributed by atoms with Crippen LogP contribution in [0.5, 0.6) is 0 Å². The van der Waals surface area contributed by atoms with Crippen molar-refractivity contribution in [1.82, 2.24) is 0 Å². The molecule has 1 saturated carbocycles. The Morgan fingerprint density at radius 3 is 2.65 bits per heavy atom. The molecule has 0 bridgehead atoms. The molecule has 1 fully saturated rings. The molecule has 0 aromatic rings. The number of esters is 1. The summed E-state index contributed by atoms with van der Waals surface area (Å²) in [7, 11) is 0. The Hall–Kier alpha value is -0.610. The molecule has 4 nitrogen and oxygen atoms in total. The number of carbonyl (C=O) groups excluding carboxylic acids is 1.